The zero-order chi connectivity index (χ0) is 24.6. The van der Waals surface area contributed by atoms with Gasteiger partial charge in [0.05, 0.1) is 0 Å². The molecule has 0 radical (unpaired) electrons. The number of nitrogens with zero attached hydrogens (tertiary/aromatic N) is 1. The molecule has 4 aliphatic rings. The van der Waals surface area contributed by atoms with Gasteiger partial charge in [-0.2, -0.15) is 0 Å². The molecule has 4 bridgehead atoms. The minimum Gasteiger partial charge on any atom is -0.370 e. The standard InChI is InChI=1S/C28H40N6O/c1-18(2)13-24-21-14-22-17-34(12-6-11-31-27(29)30)25(24)28(22,33-16-21)26(35)32-15-20-9-5-8-19-7-3-4-10-23(19)20/h3-5,7-10,18,21-22,24-25,33H,6,11-17H2,1-2H3,(H,32,35)(H4,29,30,31)/t21-,22-,24+,25-,28-/m0/s1. The Morgan fingerprint density at radius 2 is 2.03 bits per heavy atom. The van der Waals surface area contributed by atoms with E-state index in [2.05, 4.69) is 77.2 Å². The number of likely N-dealkylation sites (tertiary alicyclic amines) is 1. The Morgan fingerprint density at radius 1 is 1.23 bits per heavy atom. The van der Waals surface area contributed by atoms with Crippen molar-refractivity contribution in [3.8, 4) is 0 Å². The van der Waals surface area contributed by atoms with Gasteiger partial charge in [0.2, 0.25) is 5.91 Å². The summed E-state index contributed by atoms with van der Waals surface area (Å²) in [5, 5.41) is 19.9. The maximum atomic E-state index is 14.1. The lowest BCUT2D eigenvalue weighted by Crippen LogP contribution is -2.76. The highest BCUT2D eigenvalue weighted by Gasteiger charge is 2.67. The average Bonchev–Trinajstić information content (AvgIpc) is 3.11. The second kappa shape index (κ2) is 9.78. The number of nitrogens with two attached hydrogens (primary N) is 1. The molecule has 2 aromatic carbocycles. The van der Waals surface area contributed by atoms with E-state index in [1.54, 1.807) is 0 Å². The predicted octanol–water partition coefficient (Wildman–Crippen LogP) is 2.65. The molecule has 188 valence electrons. The summed E-state index contributed by atoms with van der Waals surface area (Å²) in [5.74, 6) is 2.29. The van der Waals surface area contributed by atoms with Crippen molar-refractivity contribution in [3.05, 3.63) is 48.0 Å². The van der Waals surface area contributed by atoms with E-state index in [0.717, 1.165) is 44.5 Å². The number of amides is 1. The summed E-state index contributed by atoms with van der Waals surface area (Å²) in [5.41, 5.74) is 6.11. The number of carbonyl (C=O) groups is 1. The normalized spacial score (nSPS) is 29.6. The average molecular weight is 477 g/mol. The summed E-state index contributed by atoms with van der Waals surface area (Å²) in [7, 11) is 0. The summed E-state index contributed by atoms with van der Waals surface area (Å²) >= 11 is 0. The van der Waals surface area contributed by atoms with Gasteiger partial charge in [0.15, 0.2) is 5.96 Å². The lowest BCUT2D eigenvalue weighted by Gasteiger charge is -2.56. The molecule has 4 fully saturated rings. The second-order valence-electron chi connectivity index (χ2n) is 11.2. The van der Waals surface area contributed by atoms with Crippen LogP contribution < -0.4 is 21.7 Å². The Bertz CT molecular complexity index is 1080. The molecule has 5 atom stereocenters. The Hall–Kier alpha value is -2.64. The van der Waals surface area contributed by atoms with Gasteiger partial charge in [0.25, 0.3) is 0 Å². The van der Waals surface area contributed by atoms with E-state index in [9.17, 15) is 4.79 Å². The molecule has 3 aliphatic heterocycles. The van der Waals surface area contributed by atoms with Crippen LogP contribution in [0, 0.1) is 29.1 Å². The number of nitrogens with one attached hydrogen (secondary N) is 4. The van der Waals surface area contributed by atoms with Gasteiger partial charge in [-0.1, -0.05) is 56.3 Å². The van der Waals surface area contributed by atoms with Gasteiger partial charge in [-0.05, 0) is 59.9 Å². The molecule has 1 amide bonds. The third-order valence-electron chi connectivity index (χ3n) is 8.59. The zero-order valence-corrected chi connectivity index (χ0v) is 21.0. The zero-order valence-electron chi connectivity index (χ0n) is 21.0. The highest BCUT2D eigenvalue weighted by atomic mass is 16.2. The summed E-state index contributed by atoms with van der Waals surface area (Å²) in [6, 6.07) is 14.9. The van der Waals surface area contributed by atoms with Crippen LogP contribution in [0.5, 0.6) is 0 Å². The Kier molecular flexibility index (Phi) is 6.73. The lowest BCUT2D eigenvalue weighted by atomic mass is 9.58. The maximum absolute atomic E-state index is 14.1. The molecule has 1 saturated carbocycles. The van der Waals surface area contributed by atoms with Crippen molar-refractivity contribution in [3.63, 3.8) is 0 Å². The van der Waals surface area contributed by atoms with Gasteiger partial charge in [-0.3, -0.25) is 15.1 Å². The van der Waals surface area contributed by atoms with Gasteiger partial charge in [0.1, 0.15) is 5.54 Å². The topological polar surface area (TPSA) is 106 Å². The van der Waals surface area contributed by atoms with E-state index in [0.29, 0.717) is 36.8 Å². The lowest BCUT2D eigenvalue weighted by molar-refractivity contribution is -0.139. The van der Waals surface area contributed by atoms with Crippen LogP contribution in [0.1, 0.15) is 38.7 Å². The molecule has 7 nitrogen and oxygen atoms in total. The smallest absolute Gasteiger partial charge is 0.242 e. The van der Waals surface area contributed by atoms with Crippen LogP contribution >= 0.6 is 0 Å². The van der Waals surface area contributed by atoms with Crippen LogP contribution in [0.3, 0.4) is 0 Å². The molecule has 6 rings (SSSR count). The summed E-state index contributed by atoms with van der Waals surface area (Å²) < 4.78 is 0. The molecule has 6 N–H and O–H groups in total. The fourth-order valence-corrected chi connectivity index (χ4v) is 7.29. The highest BCUT2D eigenvalue weighted by Crippen LogP contribution is 2.54. The van der Waals surface area contributed by atoms with Crippen LogP contribution in [-0.2, 0) is 11.3 Å². The number of guanidine groups is 1. The third kappa shape index (κ3) is 4.40. The second-order valence-corrected chi connectivity index (χ2v) is 11.2. The third-order valence-corrected chi connectivity index (χ3v) is 8.59. The van der Waals surface area contributed by atoms with Crippen molar-refractivity contribution < 1.29 is 4.79 Å². The number of rotatable bonds is 9. The molecule has 0 spiro atoms. The number of carbonyl (C=O) groups excluding carboxylic acids is 1. The van der Waals surface area contributed by atoms with E-state index in [1.807, 2.05) is 0 Å². The minimum atomic E-state index is -0.521. The van der Waals surface area contributed by atoms with Gasteiger partial charge < -0.3 is 21.7 Å². The van der Waals surface area contributed by atoms with Crippen molar-refractivity contribution in [2.75, 3.05) is 26.2 Å². The highest BCUT2D eigenvalue weighted by molar-refractivity contribution is 5.90. The Morgan fingerprint density at radius 3 is 2.83 bits per heavy atom. The van der Waals surface area contributed by atoms with Crippen LogP contribution in [0.4, 0.5) is 0 Å². The molecule has 0 unspecified atom stereocenters. The first-order valence-corrected chi connectivity index (χ1v) is 13.2. The monoisotopic (exact) mass is 476 g/mol. The van der Waals surface area contributed by atoms with E-state index in [1.165, 1.54) is 10.8 Å². The first kappa shape index (κ1) is 24.1. The van der Waals surface area contributed by atoms with Crippen molar-refractivity contribution in [2.45, 2.75) is 51.2 Å². The largest absolute Gasteiger partial charge is 0.370 e. The molecule has 0 aromatic heterocycles. The van der Waals surface area contributed by atoms with Crippen LogP contribution in [0.2, 0.25) is 0 Å². The van der Waals surface area contributed by atoms with E-state index >= 15 is 0 Å². The van der Waals surface area contributed by atoms with Crippen molar-refractivity contribution >= 4 is 22.6 Å². The molecule has 35 heavy (non-hydrogen) atoms. The van der Waals surface area contributed by atoms with Crippen molar-refractivity contribution in [1.29, 1.82) is 5.41 Å². The summed E-state index contributed by atoms with van der Waals surface area (Å²) in [4.78, 5) is 16.7. The fourth-order valence-electron chi connectivity index (χ4n) is 7.29. The number of benzene rings is 2. The quantitative estimate of drug-likeness (QED) is 0.217. The van der Waals surface area contributed by atoms with Gasteiger partial charge >= 0.3 is 0 Å². The van der Waals surface area contributed by atoms with E-state index in [-0.39, 0.29) is 17.9 Å². The van der Waals surface area contributed by atoms with Crippen LogP contribution in [-0.4, -0.2) is 54.5 Å². The SMILES string of the molecule is CC(C)C[C@@H]1[C@@H]2CN[C@@]3(C(=O)NCc4cccc5ccccc45)[C@@H](C2)CN(CCCNC(=N)N)[C@@H]13. The molecular formula is C28H40N6O. The van der Waals surface area contributed by atoms with E-state index < -0.39 is 5.54 Å². The molecular weight excluding hydrogens is 436 g/mol. The van der Waals surface area contributed by atoms with Crippen molar-refractivity contribution in [2.24, 2.45) is 29.4 Å². The minimum absolute atomic E-state index is 0.0212. The number of hydrogen-bond donors (Lipinski definition) is 5. The van der Waals surface area contributed by atoms with Crippen molar-refractivity contribution in [1.82, 2.24) is 20.9 Å². The Labute approximate surface area is 208 Å². The predicted molar refractivity (Wildman–Crippen MR) is 141 cm³/mol. The van der Waals surface area contributed by atoms with Crippen LogP contribution in [0.25, 0.3) is 10.8 Å². The van der Waals surface area contributed by atoms with Gasteiger partial charge in [-0.15, -0.1) is 0 Å². The van der Waals surface area contributed by atoms with Crippen LogP contribution in [0.15, 0.2) is 42.5 Å². The summed E-state index contributed by atoms with van der Waals surface area (Å²) in [6.07, 6.45) is 3.20. The molecule has 7 heteroatoms. The molecule has 3 saturated heterocycles. The molecule has 2 aromatic rings. The Balaban J connectivity index is 1.37. The van der Waals surface area contributed by atoms with E-state index in [4.69, 9.17) is 11.1 Å². The number of hydrogen-bond acceptors (Lipinski definition) is 4. The number of fused-ring (bicyclic) bond motifs is 2. The molecule has 3 heterocycles. The number of piperidine rings is 2. The first-order valence-electron chi connectivity index (χ1n) is 13.2. The van der Waals surface area contributed by atoms with Gasteiger partial charge in [-0.25, -0.2) is 0 Å². The summed E-state index contributed by atoms with van der Waals surface area (Å²) in [6.45, 7) is 8.66. The first-order chi connectivity index (χ1) is 16.9. The molecule has 1 aliphatic carbocycles. The maximum Gasteiger partial charge on any atom is 0.242 e. The van der Waals surface area contributed by atoms with Gasteiger partial charge in [0, 0.05) is 38.1 Å². The fraction of sp³-hybridized carbons (Fsp3) is 0.571.